The molecule has 0 bridgehead atoms. The van der Waals surface area contributed by atoms with Gasteiger partial charge in [0.25, 0.3) is 0 Å². The smallest absolute Gasteiger partial charge is 0.343 e. The minimum Gasteiger partial charge on any atom is -0.507 e. The Morgan fingerprint density at radius 2 is 1.95 bits per heavy atom. The Morgan fingerprint density at radius 3 is 2.54 bits per heavy atom. The van der Waals surface area contributed by atoms with Crippen LogP contribution in [0.3, 0.4) is 0 Å². The van der Waals surface area contributed by atoms with E-state index in [1.165, 1.54) is 24.5 Å². The molecule has 1 aliphatic rings. The summed E-state index contributed by atoms with van der Waals surface area (Å²) < 4.78 is 11.5. The summed E-state index contributed by atoms with van der Waals surface area (Å²) in [6.45, 7) is 9.09. The fraction of sp³-hybridized carbons (Fsp3) is 0.379. The number of allylic oxidation sites excluding steroid dienone is 3. The number of ketones is 1. The number of hydrogen-bond donors (Lipinski definition) is 1. The van der Waals surface area contributed by atoms with Crippen LogP contribution < -0.4 is 4.74 Å². The van der Waals surface area contributed by atoms with Crippen LogP contribution in [0.4, 0.5) is 0 Å². The average molecular weight is 526 g/mol. The number of pyridine rings is 1. The van der Waals surface area contributed by atoms with Gasteiger partial charge in [0.15, 0.2) is 17.8 Å². The Bertz CT molecular complexity index is 1260. The molecule has 1 aromatic carbocycles. The molecule has 1 unspecified atom stereocenters. The largest absolute Gasteiger partial charge is 0.507 e. The SMILES string of the molecule is C/C(=C/Cc1c(O)c(C=O)c(C)c(Cl)c1OC(=O)c1ccncc1)CC/C=C(/C)C1CC(=O)C(C)(C)O1. The van der Waals surface area contributed by atoms with E-state index < -0.39 is 11.6 Å². The monoisotopic (exact) mass is 525 g/mol. The van der Waals surface area contributed by atoms with Crippen molar-refractivity contribution in [2.75, 3.05) is 0 Å². The molecule has 0 saturated carbocycles. The van der Waals surface area contributed by atoms with E-state index in [1.807, 2.05) is 19.9 Å². The molecule has 1 aliphatic heterocycles. The van der Waals surface area contributed by atoms with Crippen LogP contribution in [0.5, 0.6) is 11.5 Å². The summed E-state index contributed by atoms with van der Waals surface area (Å²) in [4.78, 5) is 40.3. The van der Waals surface area contributed by atoms with Crippen LogP contribution in [0.2, 0.25) is 5.02 Å². The number of phenols is 1. The van der Waals surface area contributed by atoms with Crippen LogP contribution >= 0.6 is 11.6 Å². The molecule has 0 spiro atoms. The fourth-order valence-electron chi connectivity index (χ4n) is 4.12. The first-order valence-electron chi connectivity index (χ1n) is 12.1. The number of benzene rings is 1. The Kier molecular flexibility index (Phi) is 9.05. The molecule has 0 amide bonds. The molecule has 1 atom stereocenters. The van der Waals surface area contributed by atoms with Crippen molar-refractivity contribution in [3.63, 3.8) is 0 Å². The van der Waals surface area contributed by atoms with Crippen LogP contribution in [-0.2, 0) is 16.0 Å². The predicted octanol–water partition coefficient (Wildman–Crippen LogP) is 6.13. The second kappa shape index (κ2) is 11.8. The predicted molar refractivity (Wildman–Crippen MR) is 141 cm³/mol. The summed E-state index contributed by atoms with van der Waals surface area (Å²) in [6, 6.07) is 3.02. The van der Waals surface area contributed by atoms with E-state index in [4.69, 9.17) is 21.1 Å². The zero-order valence-corrected chi connectivity index (χ0v) is 22.5. The van der Waals surface area contributed by atoms with Gasteiger partial charge in [-0.3, -0.25) is 14.6 Å². The summed E-state index contributed by atoms with van der Waals surface area (Å²) in [5.41, 5.74) is 2.23. The number of rotatable bonds is 9. The second-order valence-corrected chi connectivity index (χ2v) is 10.1. The standard InChI is InChI=1S/C29H32ClNO6/c1-17(7-6-8-18(2)23-15-24(33)29(4,5)37-23)9-10-21-26(34)22(16-32)19(3)25(30)27(21)36-28(35)20-11-13-31-14-12-20/h8-9,11-14,16,23,34H,6-7,10,15H2,1-5H3/b17-9-,18-8-. The van der Waals surface area contributed by atoms with E-state index in [0.717, 1.165) is 24.0 Å². The zero-order valence-electron chi connectivity index (χ0n) is 21.8. The van der Waals surface area contributed by atoms with Crippen LogP contribution in [0.15, 0.2) is 47.8 Å². The van der Waals surface area contributed by atoms with Crippen molar-refractivity contribution in [2.24, 2.45) is 0 Å². The van der Waals surface area contributed by atoms with Crippen molar-refractivity contribution >= 4 is 29.6 Å². The lowest BCUT2D eigenvalue weighted by Crippen LogP contribution is -2.27. The molecule has 37 heavy (non-hydrogen) atoms. The fourth-order valence-corrected chi connectivity index (χ4v) is 4.37. The third-order valence-electron chi connectivity index (χ3n) is 6.62. The van der Waals surface area contributed by atoms with Gasteiger partial charge in [0.05, 0.1) is 22.3 Å². The molecule has 2 heterocycles. The number of halogens is 1. The molecule has 0 aliphatic carbocycles. The molecular weight excluding hydrogens is 494 g/mol. The van der Waals surface area contributed by atoms with Crippen LogP contribution in [0.25, 0.3) is 0 Å². The first-order valence-corrected chi connectivity index (χ1v) is 12.5. The minimum absolute atomic E-state index is 0.0227. The maximum Gasteiger partial charge on any atom is 0.343 e. The Balaban J connectivity index is 1.77. The van der Waals surface area contributed by atoms with E-state index >= 15 is 0 Å². The summed E-state index contributed by atoms with van der Waals surface area (Å²) in [5.74, 6) is -0.789. The van der Waals surface area contributed by atoms with E-state index in [-0.39, 0.29) is 51.5 Å². The summed E-state index contributed by atoms with van der Waals surface area (Å²) in [6.07, 6.45) is 9.32. The lowest BCUT2D eigenvalue weighted by molar-refractivity contribution is -0.129. The second-order valence-electron chi connectivity index (χ2n) is 9.74. The lowest BCUT2D eigenvalue weighted by atomic mass is 9.98. The molecule has 1 fully saturated rings. The van der Waals surface area contributed by atoms with Gasteiger partial charge in [-0.05, 0) is 77.2 Å². The third-order valence-corrected chi connectivity index (χ3v) is 7.08. The van der Waals surface area contributed by atoms with Crippen LogP contribution in [0, 0.1) is 6.92 Å². The first-order chi connectivity index (χ1) is 17.5. The van der Waals surface area contributed by atoms with Crippen molar-refractivity contribution in [1.82, 2.24) is 4.98 Å². The van der Waals surface area contributed by atoms with Crippen molar-refractivity contribution < 1.29 is 29.0 Å². The molecule has 196 valence electrons. The van der Waals surface area contributed by atoms with Gasteiger partial charge < -0.3 is 14.6 Å². The van der Waals surface area contributed by atoms with E-state index in [1.54, 1.807) is 20.8 Å². The Labute approximate surface area is 222 Å². The van der Waals surface area contributed by atoms with Crippen molar-refractivity contribution in [3.8, 4) is 11.5 Å². The molecular formula is C29H32ClNO6. The summed E-state index contributed by atoms with van der Waals surface area (Å²) in [5, 5.41) is 10.9. The molecule has 1 saturated heterocycles. The van der Waals surface area contributed by atoms with Crippen molar-refractivity contribution in [1.29, 1.82) is 0 Å². The number of aldehydes is 1. The highest BCUT2D eigenvalue weighted by atomic mass is 35.5. The molecule has 7 nitrogen and oxygen atoms in total. The van der Waals surface area contributed by atoms with Gasteiger partial charge in [-0.15, -0.1) is 0 Å². The van der Waals surface area contributed by atoms with Gasteiger partial charge in [0, 0.05) is 24.4 Å². The minimum atomic E-state index is -0.744. The number of aromatic nitrogens is 1. The number of esters is 1. The molecule has 8 heteroatoms. The average Bonchev–Trinajstić information content (AvgIpc) is 3.15. The number of carbonyl (C=O) groups excluding carboxylic acids is 3. The number of hydrogen-bond acceptors (Lipinski definition) is 7. The zero-order chi connectivity index (χ0) is 27.3. The van der Waals surface area contributed by atoms with Crippen molar-refractivity contribution in [3.05, 3.63) is 75.1 Å². The van der Waals surface area contributed by atoms with Gasteiger partial charge in [-0.1, -0.05) is 29.3 Å². The highest BCUT2D eigenvalue weighted by Gasteiger charge is 2.40. The highest BCUT2D eigenvalue weighted by Crippen LogP contribution is 2.42. The Hall–Kier alpha value is -3.29. The Morgan fingerprint density at radius 1 is 1.27 bits per heavy atom. The van der Waals surface area contributed by atoms with Crippen LogP contribution in [0.1, 0.15) is 78.8 Å². The highest BCUT2D eigenvalue weighted by molar-refractivity contribution is 6.33. The third kappa shape index (κ3) is 6.53. The summed E-state index contributed by atoms with van der Waals surface area (Å²) in [7, 11) is 0. The van der Waals surface area contributed by atoms with E-state index in [9.17, 15) is 19.5 Å². The molecule has 3 rings (SSSR count). The van der Waals surface area contributed by atoms with Gasteiger partial charge in [0.1, 0.15) is 11.4 Å². The lowest BCUT2D eigenvalue weighted by Gasteiger charge is -2.18. The number of nitrogens with zero attached hydrogens (tertiary/aromatic N) is 1. The normalized spacial score (nSPS) is 17.7. The van der Waals surface area contributed by atoms with Gasteiger partial charge in [-0.25, -0.2) is 4.79 Å². The molecule has 2 aromatic rings. The number of ether oxygens (including phenoxy) is 2. The summed E-state index contributed by atoms with van der Waals surface area (Å²) >= 11 is 6.49. The van der Waals surface area contributed by atoms with Crippen molar-refractivity contribution in [2.45, 2.75) is 72.0 Å². The molecule has 1 aromatic heterocycles. The molecule has 0 radical (unpaired) electrons. The number of Topliss-reactive ketones (excluding diaryl/α,β-unsaturated/α-hetero) is 1. The molecule has 1 N–H and O–H groups in total. The van der Waals surface area contributed by atoms with Gasteiger partial charge in [-0.2, -0.15) is 0 Å². The van der Waals surface area contributed by atoms with Gasteiger partial charge in [0.2, 0.25) is 0 Å². The van der Waals surface area contributed by atoms with E-state index in [2.05, 4.69) is 11.1 Å². The van der Waals surface area contributed by atoms with E-state index in [0.29, 0.717) is 18.3 Å². The quantitative estimate of drug-likeness (QED) is 0.182. The first kappa shape index (κ1) is 28.3. The topological polar surface area (TPSA) is 103 Å². The number of phenolic OH excluding ortho intramolecular Hbond substituents is 1. The van der Waals surface area contributed by atoms with Crippen LogP contribution in [-0.4, -0.2) is 39.8 Å². The number of aromatic hydroxyl groups is 1. The maximum atomic E-state index is 12.7. The maximum absolute atomic E-state index is 12.7. The number of carbonyl (C=O) groups is 3. The van der Waals surface area contributed by atoms with Gasteiger partial charge >= 0.3 is 5.97 Å².